The largest absolute Gasteiger partial charge is 0.396 e. The maximum absolute atomic E-state index is 9.13. The van der Waals surface area contributed by atoms with Crippen molar-refractivity contribution in [3.63, 3.8) is 0 Å². The molecule has 0 saturated heterocycles. The first kappa shape index (κ1) is 17.2. The lowest BCUT2D eigenvalue weighted by Gasteiger charge is -2.17. The molecule has 1 atom stereocenters. The van der Waals surface area contributed by atoms with Gasteiger partial charge in [-0.05, 0) is 40.7 Å². The molecule has 2 aromatic carbocycles. The number of nitrogens with zero attached hydrogens (tertiary/aromatic N) is 1. The predicted octanol–water partition coefficient (Wildman–Crippen LogP) is 2.87. The summed E-state index contributed by atoms with van der Waals surface area (Å²) < 4.78 is 0. The Balaban J connectivity index is 1.74. The summed E-state index contributed by atoms with van der Waals surface area (Å²) in [5, 5.41) is 12.5. The summed E-state index contributed by atoms with van der Waals surface area (Å²) in [6, 6.07) is 16.8. The minimum Gasteiger partial charge on any atom is -0.396 e. The van der Waals surface area contributed by atoms with Gasteiger partial charge in [0, 0.05) is 19.7 Å². The van der Waals surface area contributed by atoms with E-state index < -0.39 is 0 Å². The second kappa shape index (κ2) is 7.99. The summed E-state index contributed by atoms with van der Waals surface area (Å²) in [6.45, 7) is 3.77. The van der Waals surface area contributed by atoms with Crippen LogP contribution < -0.4 is 11.1 Å². The fourth-order valence-corrected chi connectivity index (χ4v) is 2.99. The number of aliphatic hydroxyl groups is 1. The Labute approximate surface area is 149 Å². The van der Waals surface area contributed by atoms with E-state index in [4.69, 9.17) is 10.8 Å². The summed E-state index contributed by atoms with van der Waals surface area (Å²) in [4.78, 5) is 4.34. The van der Waals surface area contributed by atoms with E-state index in [1.165, 1.54) is 16.7 Å². The van der Waals surface area contributed by atoms with Gasteiger partial charge in [0.2, 0.25) is 0 Å². The zero-order valence-electron chi connectivity index (χ0n) is 14.6. The van der Waals surface area contributed by atoms with Crippen molar-refractivity contribution < 1.29 is 5.11 Å². The Morgan fingerprint density at radius 1 is 1.12 bits per heavy atom. The number of hydrogen-bond donors (Lipinski definition) is 3. The van der Waals surface area contributed by atoms with E-state index in [2.05, 4.69) is 59.7 Å². The van der Waals surface area contributed by atoms with Crippen molar-refractivity contribution in [2.24, 2.45) is 16.6 Å². The molecule has 0 aliphatic carbocycles. The van der Waals surface area contributed by atoms with Gasteiger partial charge in [0.1, 0.15) is 5.84 Å². The van der Waals surface area contributed by atoms with Gasteiger partial charge in [-0.1, -0.05) is 55.5 Å². The molecular formula is C21H25N3O. The molecule has 0 bridgehead atoms. The van der Waals surface area contributed by atoms with E-state index in [1.54, 1.807) is 0 Å². The number of dihydropyridines is 1. The van der Waals surface area contributed by atoms with Gasteiger partial charge in [0.25, 0.3) is 0 Å². The summed E-state index contributed by atoms with van der Waals surface area (Å²) in [7, 11) is 0. The lowest BCUT2D eigenvalue weighted by atomic mass is 10.00. The molecule has 1 unspecified atom stereocenters. The van der Waals surface area contributed by atoms with Crippen LogP contribution in [0.5, 0.6) is 0 Å². The van der Waals surface area contributed by atoms with E-state index in [1.807, 2.05) is 12.1 Å². The standard InChI is InChI=1S/C21H25N3O/c1-15-10-20(21(22)24-13-15)23-14-17-5-3-7-19(12-17)18-6-2-4-16(11-18)8-9-25/h2-7,10-12,15,23,25H,8-9,13-14H2,1H3,(H2,22,24). The third kappa shape index (κ3) is 4.48. The molecule has 2 aromatic rings. The number of nitrogens with two attached hydrogens (primary N) is 1. The summed E-state index contributed by atoms with van der Waals surface area (Å²) in [5.74, 6) is 1.00. The van der Waals surface area contributed by atoms with Crippen molar-refractivity contribution >= 4 is 5.84 Å². The SMILES string of the molecule is CC1C=C(NCc2cccc(-c3cccc(CCO)c3)c2)C(N)=NC1. The Hall–Kier alpha value is -2.59. The number of aliphatic hydroxyl groups excluding tert-OH is 1. The fourth-order valence-electron chi connectivity index (χ4n) is 2.99. The van der Waals surface area contributed by atoms with Crippen molar-refractivity contribution in [2.45, 2.75) is 19.9 Å². The Bertz CT molecular complexity index is 795. The minimum absolute atomic E-state index is 0.171. The van der Waals surface area contributed by atoms with Crippen molar-refractivity contribution in [1.82, 2.24) is 5.32 Å². The van der Waals surface area contributed by atoms with Crippen LogP contribution >= 0.6 is 0 Å². The maximum atomic E-state index is 9.13. The van der Waals surface area contributed by atoms with Crippen LogP contribution in [-0.2, 0) is 13.0 Å². The van der Waals surface area contributed by atoms with Crippen molar-refractivity contribution in [3.8, 4) is 11.1 Å². The minimum atomic E-state index is 0.171. The number of nitrogens with one attached hydrogen (secondary N) is 1. The van der Waals surface area contributed by atoms with Crippen LogP contribution in [0.1, 0.15) is 18.1 Å². The molecule has 0 amide bonds. The fraction of sp³-hybridized carbons (Fsp3) is 0.286. The molecule has 1 aliphatic rings. The number of amidine groups is 1. The van der Waals surface area contributed by atoms with E-state index in [-0.39, 0.29) is 6.61 Å². The highest BCUT2D eigenvalue weighted by Crippen LogP contribution is 2.22. The second-order valence-corrected chi connectivity index (χ2v) is 6.51. The van der Waals surface area contributed by atoms with E-state index >= 15 is 0 Å². The summed E-state index contributed by atoms with van der Waals surface area (Å²) in [5.41, 5.74) is 11.6. The molecule has 0 saturated carbocycles. The summed E-state index contributed by atoms with van der Waals surface area (Å²) >= 11 is 0. The molecular weight excluding hydrogens is 310 g/mol. The molecule has 0 fully saturated rings. The maximum Gasteiger partial charge on any atom is 0.141 e. The van der Waals surface area contributed by atoms with Gasteiger partial charge in [0.05, 0.1) is 5.70 Å². The number of rotatable bonds is 6. The van der Waals surface area contributed by atoms with Gasteiger partial charge < -0.3 is 16.2 Å². The van der Waals surface area contributed by atoms with Crippen LogP contribution in [0.4, 0.5) is 0 Å². The summed E-state index contributed by atoms with van der Waals surface area (Å²) in [6.07, 6.45) is 2.82. The normalized spacial score (nSPS) is 17.0. The third-order valence-corrected chi connectivity index (χ3v) is 4.35. The second-order valence-electron chi connectivity index (χ2n) is 6.51. The molecule has 130 valence electrons. The molecule has 4 N–H and O–H groups in total. The van der Waals surface area contributed by atoms with E-state index in [9.17, 15) is 0 Å². The highest BCUT2D eigenvalue weighted by Gasteiger charge is 2.11. The molecule has 0 aromatic heterocycles. The Morgan fingerprint density at radius 3 is 2.52 bits per heavy atom. The van der Waals surface area contributed by atoms with Gasteiger partial charge in [-0.2, -0.15) is 0 Å². The van der Waals surface area contributed by atoms with E-state index in [0.29, 0.717) is 24.7 Å². The number of aliphatic imine (C=N–C) groups is 1. The first-order chi connectivity index (χ1) is 12.2. The molecule has 3 rings (SSSR count). The Morgan fingerprint density at radius 2 is 1.80 bits per heavy atom. The quantitative estimate of drug-likeness (QED) is 0.760. The van der Waals surface area contributed by atoms with Gasteiger partial charge in [-0.3, -0.25) is 4.99 Å². The lowest BCUT2D eigenvalue weighted by Crippen LogP contribution is -2.30. The zero-order valence-corrected chi connectivity index (χ0v) is 14.6. The number of benzene rings is 2. The van der Waals surface area contributed by atoms with Crippen LogP contribution in [0, 0.1) is 5.92 Å². The number of hydrogen-bond acceptors (Lipinski definition) is 4. The van der Waals surface area contributed by atoms with Crippen molar-refractivity contribution in [1.29, 1.82) is 0 Å². The van der Waals surface area contributed by atoms with Crippen LogP contribution in [0.2, 0.25) is 0 Å². The van der Waals surface area contributed by atoms with Crippen LogP contribution in [0.3, 0.4) is 0 Å². The van der Waals surface area contributed by atoms with Crippen LogP contribution in [-0.4, -0.2) is 24.1 Å². The van der Waals surface area contributed by atoms with E-state index in [0.717, 1.165) is 17.8 Å². The van der Waals surface area contributed by atoms with Gasteiger partial charge in [0.15, 0.2) is 0 Å². The highest BCUT2D eigenvalue weighted by atomic mass is 16.2. The van der Waals surface area contributed by atoms with Gasteiger partial charge >= 0.3 is 0 Å². The lowest BCUT2D eigenvalue weighted by molar-refractivity contribution is 0.299. The molecule has 4 nitrogen and oxygen atoms in total. The first-order valence-corrected chi connectivity index (χ1v) is 8.71. The first-order valence-electron chi connectivity index (χ1n) is 8.71. The third-order valence-electron chi connectivity index (χ3n) is 4.35. The average Bonchev–Trinajstić information content (AvgIpc) is 2.63. The van der Waals surface area contributed by atoms with Crippen LogP contribution in [0.25, 0.3) is 11.1 Å². The highest BCUT2D eigenvalue weighted by molar-refractivity contribution is 5.97. The predicted molar refractivity (Wildman–Crippen MR) is 103 cm³/mol. The van der Waals surface area contributed by atoms with Crippen LogP contribution in [0.15, 0.2) is 65.3 Å². The van der Waals surface area contributed by atoms with Gasteiger partial charge in [-0.25, -0.2) is 0 Å². The zero-order chi connectivity index (χ0) is 17.6. The Kier molecular flexibility index (Phi) is 5.51. The molecule has 1 heterocycles. The molecule has 25 heavy (non-hydrogen) atoms. The average molecular weight is 335 g/mol. The van der Waals surface area contributed by atoms with Gasteiger partial charge in [-0.15, -0.1) is 0 Å². The molecule has 0 spiro atoms. The smallest absolute Gasteiger partial charge is 0.141 e. The topological polar surface area (TPSA) is 70.6 Å². The monoisotopic (exact) mass is 335 g/mol. The van der Waals surface area contributed by atoms with Crippen molar-refractivity contribution in [2.75, 3.05) is 13.2 Å². The van der Waals surface area contributed by atoms with Crippen molar-refractivity contribution in [3.05, 3.63) is 71.4 Å². The molecule has 1 aliphatic heterocycles. The molecule has 4 heteroatoms. The molecule has 0 radical (unpaired) electrons.